The Morgan fingerprint density at radius 2 is 2.06 bits per heavy atom. The summed E-state index contributed by atoms with van der Waals surface area (Å²) in [4.78, 5) is 38.7. The van der Waals surface area contributed by atoms with Gasteiger partial charge in [0.05, 0.1) is 31.2 Å². The van der Waals surface area contributed by atoms with Crippen LogP contribution in [0, 0.1) is 5.41 Å². The molecule has 0 unspecified atom stereocenters. The zero-order valence-corrected chi connectivity index (χ0v) is 20.2. The summed E-state index contributed by atoms with van der Waals surface area (Å²) in [6.07, 6.45) is 5.73. The number of hydrogen-bond acceptors (Lipinski definition) is 8. The monoisotopic (exact) mass is 490 g/mol. The normalized spacial score (nSPS) is 18.4. The Morgan fingerprint density at radius 3 is 2.80 bits per heavy atom. The molecule has 2 aromatic heterocycles. The summed E-state index contributed by atoms with van der Waals surface area (Å²) in [7, 11) is 1.58. The van der Waals surface area contributed by atoms with Gasteiger partial charge in [0.2, 0.25) is 0 Å². The molecule has 0 atom stereocenters. The lowest BCUT2D eigenvalue weighted by atomic mass is 9.73. The average Bonchev–Trinajstić information content (AvgIpc) is 3.48. The molecule has 3 aliphatic rings. The van der Waals surface area contributed by atoms with Gasteiger partial charge in [0.25, 0.3) is 11.8 Å². The van der Waals surface area contributed by atoms with Crippen molar-refractivity contribution >= 4 is 39.7 Å². The highest BCUT2D eigenvalue weighted by Gasteiger charge is 2.40. The number of ether oxygens (including phenoxy) is 1. The highest BCUT2D eigenvalue weighted by atomic mass is 32.1. The summed E-state index contributed by atoms with van der Waals surface area (Å²) in [5, 5.41) is 8.57. The van der Waals surface area contributed by atoms with Crippen LogP contribution in [0.4, 0.5) is 16.5 Å². The number of fused-ring (bicyclic) bond motifs is 1. The van der Waals surface area contributed by atoms with Crippen molar-refractivity contribution in [3.63, 3.8) is 0 Å². The van der Waals surface area contributed by atoms with E-state index in [2.05, 4.69) is 25.5 Å². The van der Waals surface area contributed by atoms with Gasteiger partial charge in [-0.1, -0.05) is 6.07 Å². The fraction of sp³-hybridized carbons (Fsp3) is 0.360. The summed E-state index contributed by atoms with van der Waals surface area (Å²) >= 11 is 1.28. The number of amides is 2. The molecule has 6 rings (SSSR count). The van der Waals surface area contributed by atoms with Crippen molar-refractivity contribution in [2.45, 2.75) is 19.4 Å². The molecule has 0 saturated carbocycles. The topological polar surface area (TPSA) is 99.7 Å². The van der Waals surface area contributed by atoms with Crippen molar-refractivity contribution in [2.24, 2.45) is 5.41 Å². The lowest BCUT2D eigenvalue weighted by Crippen LogP contribution is -2.58. The third kappa shape index (κ3) is 3.92. The number of anilines is 3. The zero-order chi connectivity index (χ0) is 24.0. The maximum atomic E-state index is 13.1. The lowest BCUT2D eigenvalue weighted by Gasteiger charge is -2.49. The van der Waals surface area contributed by atoms with Gasteiger partial charge < -0.3 is 20.3 Å². The summed E-state index contributed by atoms with van der Waals surface area (Å²) in [5.74, 6) is 0.183. The van der Waals surface area contributed by atoms with Gasteiger partial charge in [-0.2, -0.15) is 0 Å². The van der Waals surface area contributed by atoms with Crippen LogP contribution in [0.25, 0.3) is 0 Å². The summed E-state index contributed by atoms with van der Waals surface area (Å²) in [6.45, 7) is 4.54. The molecular formula is C25H26N6O3S. The third-order valence-electron chi connectivity index (χ3n) is 7.29. The second-order valence-corrected chi connectivity index (χ2v) is 10.2. The Kier molecular flexibility index (Phi) is 5.42. The number of carbonyl (C=O) groups is 2. The van der Waals surface area contributed by atoms with Crippen LogP contribution < -0.4 is 25.2 Å². The van der Waals surface area contributed by atoms with Crippen LogP contribution >= 0.6 is 11.3 Å². The fourth-order valence-corrected chi connectivity index (χ4v) is 5.86. The van der Waals surface area contributed by atoms with Gasteiger partial charge in [-0.3, -0.25) is 19.5 Å². The number of aromatic nitrogens is 2. The van der Waals surface area contributed by atoms with Crippen molar-refractivity contribution in [3.05, 3.63) is 58.9 Å². The first kappa shape index (κ1) is 22.0. The van der Waals surface area contributed by atoms with E-state index in [1.165, 1.54) is 11.3 Å². The molecule has 3 aromatic rings. The van der Waals surface area contributed by atoms with Crippen LogP contribution in [0.1, 0.15) is 39.3 Å². The Balaban J connectivity index is 1.16. The van der Waals surface area contributed by atoms with Crippen LogP contribution in [0.15, 0.2) is 42.0 Å². The second kappa shape index (κ2) is 8.62. The van der Waals surface area contributed by atoms with Crippen LogP contribution in [0.5, 0.6) is 5.75 Å². The predicted molar refractivity (Wildman–Crippen MR) is 135 cm³/mol. The van der Waals surface area contributed by atoms with Crippen LogP contribution in [-0.2, 0) is 6.54 Å². The number of nitrogens with one attached hydrogen (secondary N) is 2. The van der Waals surface area contributed by atoms with Gasteiger partial charge in [0.15, 0.2) is 5.13 Å². The Hall–Kier alpha value is -3.50. The first-order valence-corrected chi connectivity index (χ1v) is 12.6. The van der Waals surface area contributed by atoms with Gasteiger partial charge in [-0.15, -0.1) is 11.3 Å². The van der Waals surface area contributed by atoms with Gasteiger partial charge in [0.1, 0.15) is 11.4 Å². The van der Waals surface area contributed by atoms with E-state index in [0.29, 0.717) is 34.1 Å². The molecule has 3 aliphatic heterocycles. The van der Waals surface area contributed by atoms with E-state index in [1.807, 2.05) is 18.2 Å². The number of thiazole rings is 1. The molecular weight excluding hydrogens is 464 g/mol. The molecule has 180 valence electrons. The maximum Gasteiger partial charge on any atom is 0.275 e. The number of carbonyl (C=O) groups excluding carboxylic acids is 2. The number of nitrogens with zero attached hydrogens (tertiary/aromatic N) is 4. The first-order valence-electron chi connectivity index (χ1n) is 11.7. The number of benzene rings is 1. The second-order valence-electron chi connectivity index (χ2n) is 9.37. The van der Waals surface area contributed by atoms with E-state index in [1.54, 1.807) is 35.8 Å². The minimum absolute atomic E-state index is 0.140. The maximum absolute atomic E-state index is 13.1. The van der Waals surface area contributed by atoms with E-state index >= 15 is 0 Å². The largest absolute Gasteiger partial charge is 0.497 e. The van der Waals surface area contributed by atoms with Crippen LogP contribution in [0.3, 0.4) is 0 Å². The summed E-state index contributed by atoms with van der Waals surface area (Å²) in [6, 6.07) is 7.43. The van der Waals surface area contributed by atoms with E-state index in [4.69, 9.17) is 4.74 Å². The smallest absolute Gasteiger partial charge is 0.275 e. The predicted octanol–water partition coefficient (Wildman–Crippen LogP) is 3.15. The fourth-order valence-electron chi connectivity index (χ4n) is 5.05. The van der Waals surface area contributed by atoms with Crippen molar-refractivity contribution in [3.8, 4) is 5.75 Å². The minimum Gasteiger partial charge on any atom is -0.497 e. The average molecular weight is 491 g/mol. The molecule has 2 fully saturated rings. The molecule has 2 N–H and O–H groups in total. The molecule has 5 heterocycles. The first-order chi connectivity index (χ1) is 17.0. The van der Waals surface area contributed by atoms with Gasteiger partial charge in [0, 0.05) is 43.3 Å². The number of piperidine rings is 1. The van der Waals surface area contributed by atoms with Gasteiger partial charge >= 0.3 is 0 Å². The third-order valence-corrected chi connectivity index (χ3v) is 8.15. The van der Waals surface area contributed by atoms with Crippen molar-refractivity contribution in [1.82, 2.24) is 15.3 Å². The standard InChI is InChI=1S/C25H26N6O3S/c1-34-17-3-2-16-12-31(23(33)18(16)10-17)24-29-20(13-35-24)22(32)28-19-11-26-7-4-21(19)30-8-5-25(6-9-30)14-27-15-25/h2-4,7,10-11,13,27H,5-6,8-9,12,14-15H2,1H3,(H,28,32). The number of rotatable bonds is 5. The van der Waals surface area contributed by atoms with Gasteiger partial charge in [-0.25, -0.2) is 4.98 Å². The highest BCUT2D eigenvalue weighted by Crippen LogP contribution is 2.38. The molecule has 2 amide bonds. The highest BCUT2D eigenvalue weighted by molar-refractivity contribution is 7.14. The lowest BCUT2D eigenvalue weighted by molar-refractivity contribution is 0.0991. The molecule has 2 saturated heterocycles. The molecule has 35 heavy (non-hydrogen) atoms. The summed E-state index contributed by atoms with van der Waals surface area (Å²) < 4.78 is 5.25. The molecule has 9 nitrogen and oxygen atoms in total. The van der Waals surface area contributed by atoms with E-state index in [9.17, 15) is 9.59 Å². The van der Waals surface area contributed by atoms with Gasteiger partial charge in [-0.05, 0) is 42.0 Å². The molecule has 0 bridgehead atoms. The van der Waals surface area contributed by atoms with E-state index in [0.717, 1.165) is 50.3 Å². The Morgan fingerprint density at radius 1 is 1.23 bits per heavy atom. The van der Waals surface area contributed by atoms with E-state index in [-0.39, 0.29) is 17.5 Å². The zero-order valence-electron chi connectivity index (χ0n) is 19.4. The van der Waals surface area contributed by atoms with E-state index < -0.39 is 0 Å². The number of hydrogen-bond donors (Lipinski definition) is 2. The molecule has 1 aromatic carbocycles. The number of pyridine rings is 1. The van der Waals surface area contributed by atoms with Crippen molar-refractivity contribution in [2.75, 3.05) is 48.4 Å². The van der Waals surface area contributed by atoms with Crippen LogP contribution in [-0.4, -0.2) is 55.1 Å². The molecule has 0 aliphatic carbocycles. The SMILES string of the molecule is COc1ccc2c(c1)C(=O)N(c1nc(C(=O)Nc3cnccc3N3CCC4(CC3)CNC4)cs1)C2. The summed E-state index contributed by atoms with van der Waals surface area (Å²) in [5.41, 5.74) is 3.89. The quantitative estimate of drug-likeness (QED) is 0.567. The minimum atomic E-state index is -0.316. The molecule has 10 heteroatoms. The molecule has 1 spiro atoms. The van der Waals surface area contributed by atoms with Crippen molar-refractivity contribution < 1.29 is 14.3 Å². The molecule has 0 radical (unpaired) electrons. The van der Waals surface area contributed by atoms with Crippen molar-refractivity contribution in [1.29, 1.82) is 0 Å². The van der Waals surface area contributed by atoms with Crippen LogP contribution in [0.2, 0.25) is 0 Å². The number of methoxy groups -OCH3 is 1. The Bertz CT molecular complexity index is 1290. The Labute approximate surface area is 207 Å².